The van der Waals surface area contributed by atoms with Crippen LogP contribution in [0.1, 0.15) is 26.7 Å². The van der Waals surface area contributed by atoms with E-state index < -0.39 is 10.1 Å². The lowest BCUT2D eigenvalue weighted by atomic mass is 10.1. The number of alkyl halides is 2. The lowest BCUT2D eigenvalue weighted by molar-refractivity contribution is 0.0857. The largest absolute Gasteiger partial charge is 0.375 e. The van der Waals surface area contributed by atoms with Crippen molar-refractivity contribution in [2.24, 2.45) is 0 Å². The number of hydrogen-bond donors (Lipinski definition) is 2. The van der Waals surface area contributed by atoms with Crippen LogP contribution in [0, 0.1) is 0 Å². The first kappa shape index (κ1) is 10.5. The first-order chi connectivity index (χ1) is 4.21. The van der Waals surface area contributed by atoms with E-state index in [4.69, 9.17) is 33.4 Å². The Labute approximate surface area is 70.8 Å². The predicted octanol–water partition coefficient (Wildman–Crippen LogP) is 1.66. The molecule has 0 heterocycles. The zero-order valence-electron chi connectivity index (χ0n) is 6.06. The maximum absolute atomic E-state index is 8.98. The number of rotatable bonds is 3. The van der Waals surface area contributed by atoms with E-state index in [9.17, 15) is 0 Å². The third kappa shape index (κ3) is 8.50. The summed E-state index contributed by atoms with van der Waals surface area (Å²) in [5.41, 5.74) is 0. The normalized spacial score (nSPS) is 23.4. The Kier molecular flexibility index (Phi) is 3.43. The van der Waals surface area contributed by atoms with Crippen molar-refractivity contribution in [1.29, 1.82) is 0 Å². The Morgan fingerprint density at radius 1 is 1.00 bits per heavy atom. The standard InChI is InChI=1S/C6H12Cl2O2/c1-5(7,9)3-4-6(2,8)10/h9-10H,3-4H2,1-2H3. The summed E-state index contributed by atoms with van der Waals surface area (Å²) in [6.07, 6.45) is 0.538. The molecule has 0 aliphatic heterocycles. The molecule has 0 saturated heterocycles. The molecule has 0 fully saturated rings. The Morgan fingerprint density at radius 2 is 1.20 bits per heavy atom. The molecule has 0 aromatic carbocycles. The predicted molar refractivity (Wildman–Crippen MR) is 42.2 cm³/mol. The van der Waals surface area contributed by atoms with E-state index in [1.54, 1.807) is 0 Å². The quantitative estimate of drug-likeness (QED) is 0.659. The van der Waals surface area contributed by atoms with Crippen LogP contribution in [-0.4, -0.2) is 20.3 Å². The van der Waals surface area contributed by atoms with Gasteiger partial charge in [-0.3, -0.25) is 0 Å². The zero-order chi connectivity index (χ0) is 8.41. The van der Waals surface area contributed by atoms with Gasteiger partial charge in [0.25, 0.3) is 0 Å². The van der Waals surface area contributed by atoms with Gasteiger partial charge in [0.1, 0.15) is 10.1 Å². The highest BCUT2D eigenvalue weighted by Gasteiger charge is 2.22. The average molecular weight is 187 g/mol. The third-order valence-electron chi connectivity index (χ3n) is 1.04. The second-order valence-corrected chi connectivity index (χ2v) is 4.41. The first-order valence-corrected chi connectivity index (χ1v) is 3.79. The van der Waals surface area contributed by atoms with Gasteiger partial charge in [0.2, 0.25) is 0 Å². The zero-order valence-corrected chi connectivity index (χ0v) is 7.58. The molecule has 0 aromatic heterocycles. The second kappa shape index (κ2) is 3.26. The minimum absolute atomic E-state index is 0.269. The summed E-state index contributed by atoms with van der Waals surface area (Å²) >= 11 is 10.9. The molecule has 10 heavy (non-hydrogen) atoms. The van der Waals surface area contributed by atoms with Crippen molar-refractivity contribution >= 4 is 23.2 Å². The molecule has 0 rings (SSSR count). The third-order valence-corrected chi connectivity index (χ3v) is 1.42. The van der Waals surface area contributed by atoms with Crippen LogP contribution in [0.25, 0.3) is 0 Å². The molecule has 2 N–H and O–H groups in total. The maximum Gasteiger partial charge on any atom is 0.136 e. The summed E-state index contributed by atoms with van der Waals surface area (Å²) in [7, 11) is 0. The van der Waals surface area contributed by atoms with Crippen LogP contribution < -0.4 is 0 Å². The summed E-state index contributed by atoms with van der Waals surface area (Å²) in [5, 5.41) is 15.4. The molecule has 2 atom stereocenters. The van der Waals surface area contributed by atoms with Crippen LogP contribution >= 0.6 is 23.2 Å². The highest BCUT2D eigenvalue weighted by atomic mass is 35.5. The maximum atomic E-state index is 8.98. The Hall–Kier alpha value is 0.500. The van der Waals surface area contributed by atoms with Crippen LogP contribution in [-0.2, 0) is 0 Å². The molecule has 2 nitrogen and oxygen atoms in total. The van der Waals surface area contributed by atoms with Gasteiger partial charge >= 0.3 is 0 Å². The van der Waals surface area contributed by atoms with E-state index in [0.29, 0.717) is 0 Å². The summed E-state index contributed by atoms with van der Waals surface area (Å²) in [4.78, 5) is 0. The van der Waals surface area contributed by atoms with Gasteiger partial charge < -0.3 is 10.2 Å². The smallest absolute Gasteiger partial charge is 0.136 e. The Balaban J connectivity index is 3.56. The molecule has 0 bridgehead atoms. The molecular formula is C6H12Cl2O2. The molecule has 0 aromatic rings. The van der Waals surface area contributed by atoms with E-state index in [0.717, 1.165) is 0 Å². The average Bonchev–Trinajstić information content (AvgIpc) is 1.57. The minimum Gasteiger partial charge on any atom is -0.375 e. The van der Waals surface area contributed by atoms with Crippen molar-refractivity contribution in [2.75, 3.05) is 0 Å². The summed E-state index contributed by atoms with van der Waals surface area (Å²) in [5.74, 6) is 0. The molecule has 0 radical (unpaired) electrons. The van der Waals surface area contributed by atoms with Gasteiger partial charge in [0.05, 0.1) is 0 Å². The van der Waals surface area contributed by atoms with Crippen LogP contribution in [0.2, 0.25) is 0 Å². The fraction of sp³-hybridized carbons (Fsp3) is 1.00. The minimum atomic E-state index is -1.26. The molecule has 0 saturated carbocycles. The van der Waals surface area contributed by atoms with E-state index in [2.05, 4.69) is 0 Å². The van der Waals surface area contributed by atoms with Gasteiger partial charge in [0.15, 0.2) is 0 Å². The van der Waals surface area contributed by atoms with Gasteiger partial charge in [-0.05, 0) is 26.7 Å². The number of aliphatic hydroxyl groups is 2. The van der Waals surface area contributed by atoms with Crippen LogP contribution in [0.4, 0.5) is 0 Å². The van der Waals surface area contributed by atoms with E-state index in [1.165, 1.54) is 13.8 Å². The van der Waals surface area contributed by atoms with Gasteiger partial charge in [-0.25, -0.2) is 0 Å². The summed E-state index contributed by atoms with van der Waals surface area (Å²) in [6.45, 7) is 2.91. The molecule has 4 heteroatoms. The Bertz CT molecular complexity index is 87.3. The lowest BCUT2D eigenvalue weighted by Gasteiger charge is -2.19. The first-order valence-electron chi connectivity index (χ1n) is 3.03. The molecule has 2 unspecified atom stereocenters. The SMILES string of the molecule is CC(O)(Cl)CCC(C)(O)Cl. The van der Waals surface area contributed by atoms with Crippen LogP contribution in [0.15, 0.2) is 0 Å². The van der Waals surface area contributed by atoms with Crippen molar-refractivity contribution in [2.45, 2.75) is 36.8 Å². The lowest BCUT2D eigenvalue weighted by Crippen LogP contribution is -2.22. The van der Waals surface area contributed by atoms with E-state index in [1.807, 2.05) is 0 Å². The molecule has 0 amide bonds. The van der Waals surface area contributed by atoms with Crippen LogP contribution in [0.5, 0.6) is 0 Å². The van der Waals surface area contributed by atoms with E-state index >= 15 is 0 Å². The highest BCUT2D eigenvalue weighted by molar-refractivity contribution is 6.23. The van der Waals surface area contributed by atoms with Crippen molar-refractivity contribution in [3.63, 3.8) is 0 Å². The summed E-state index contributed by atoms with van der Waals surface area (Å²) < 4.78 is 0. The molecule has 0 aliphatic rings. The number of hydrogen-bond acceptors (Lipinski definition) is 2. The van der Waals surface area contributed by atoms with Gasteiger partial charge in [-0.1, -0.05) is 23.2 Å². The van der Waals surface area contributed by atoms with Crippen molar-refractivity contribution in [1.82, 2.24) is 0 Å². The van der Waals surface area contributed by atoms with Gasteiger partial charge in [-0.15, -0.1) is 0 Å². The fourth-order valence-corrected chi connectivity index (χ4v) is 0.645. The molecule has 0 spiro atoms. The van der Waals surface area contributed by atoms with E-state index in [-0.39, 0.29) is 12.8 Å². The van der Waals surface area contributed by atoms with Crippen LogP contribution in [0.3, 0.4) is 0 Å². The van der Waals surface area contributed by atoms with Crippen molar-refractivity contribution in [3.05, 3.63) is 0 Å². The van der Waals surface area contributed by atoms with Gasteiger partial charge in [-0.2, -0.15) is 0 Å². The van der Waals surface area contributed by atoms with Crippen molar-refractivity contribution in [3.8, 4) is 0 Å². The number of halogens is 2. The highest BCUT2D eigenvalue weighted by Crippen LogP contribution is 2.24. The Morgan fingerprint density at radius 3 is 1.30 bits per heavy atom. The monoisotopic (exact) mass is 186 g/mol. The summed E-state index contributed by atoms with van der Waals surface area (Å²) in [6, 6.07) is 0. The topological polar surface area (TPSA) is 40.5 Å². The van der Waals surface area contributed by atoms with Crippen molar-refractivity contribution < 1.29 is 10.2 Å². The fourth-order valence-electron chi connectivity index (χ4n) is 0.456. The van der Waals surface area contributed by atoms with Gasteiger partial charge in [0, 0.05) is 0 Å². The second-order valence-electron chi connectivity index (χ2n) is 2.78. The molecule has 62 valence electrons. The molecule has 0 aliphatic carbocycles. The molecular weight excluding hydrogens is 175 g/mol.